The Kier molecular flexibility index (Phi) is 3.69. The Morgan fingerprint density at radius 2 is 2.00 bits per heavy atom. The first kappa shape index (κ1) is 11.2. The molecule has 0 fully saturated rings. The molecule has 0 aromatic carbocycles. The molecular formula is C10H17NO3. The Bertz CT molecular complexity index is 275. The van der Waals surface area contributed by atoms with E-state index in [4.69, 9.17) is 14.4 Å². The van der Waals surface area contributed by atoms with Crippen LogP contribution in [-0.2, 0) is 18.0 Å². The molecule has 0 saturated carbocycles. The minimum Gasteiger partial charge on any atom is -0.462 e. The lowest BCUT2D eigenvalue weighted by Crippen LogP contribution is -2.28. The van der Waals surface area contributed by atoms with Gasteiger partial charge in [-0.25, -0.2) is 0 Å². The zero-order valence-electron chi connectivity index (χ0n) is 8.83. The molecule has 0 saturated heterocycles. The van der Waals surface area contributed by atoms with Crippen molar-refractivity contribution in [3.8, 4) is 0 Å². The van der Waals surface area contributed by atoms with Gasteiger partial charge in [0.15, 0.2) is 0 Å². The highest BCUT2D eigenvalue weighted by atomic mass is 16.7. The van der Waals surface area contributed by atoms with Crippen LogP contribution in [0.25, 0.3) is 0 Å². The molecule has 4 nitrogen and oxygen atoms in total. The summed E-state index contributed by atoms with van der Waals surface area (Å²) in [6.07, 6.45) is 0. The summed E-state index contributed by atoms with van der Waals surface area (Å²) < 4.78 is 5.26. The van der Waals surface area contributed by atoms with Gasteiger partial charge in [0, 0.05) is 0 Å². The van der Waals surface area contributed by atoms with Crippen LogP contribution in [0.2, 0.25) is 0 Å². The fourth-order valence-electron chi connectivity index (χ4n) is 0.926. The summed E-state index contributed by atoms with van der Waals surface area (Å²) in [4.78, 5) is 5.30. The largest absolute Gasteiger partial charge is 0.462 e. The van der Waals surface area contributed by atoms with Gasteiger partial charge >= 0.3 is 0 Å². The molecule has 1 aromatic heterocycles. The molecule has 1 heterocycles. The van der Waals surface area contributed by atoms with E-state index >= 15 is 0 Å². The topological polar surface area (TPSA) is 54.6 Å². The molecule has 0 aliphatic heterocycles. The maximum absolute atomic E-state index is 8.76. The highest BCUT2D eigenvalue weighted by Gasteiger charge is 2.10. The molecule has 14 heavy (non-hydrogen) atoms. The zero-order valence-corrected chi connectivity index (χ0v) is 8.83. The number of aliphatic hydroxyl groups excluding tert-OH is 1. The van der Waals surface area contributed by atoms with E-state index in [1.165, 1.54) is 0 Å². The van der Waals surface area contributed by atoms with Gasteiger partial charge in [-0.15, -0.1) is 0 Å². The van der Waals surface area contributed by atoms with Gasteiger partial charge in [0.2, 0.25) is 0 Å². The van der Waals surface area contributed by atoms with E-state index in [1.54, 1.807) is 6.07 Å². The van der Waals surface area contributed by atoms with Crippen LogP contribution in [0.15, 0.2) is 16.5 Å². The van der Waals surface area contributed by atoms with Crippen LogP contribution in [0.4, 0.5) is 0 Å². The van der Waals surface area contributed by atoms with Crippen molar-refractivity contribution in [1.29, 1.82) is 0 Å². The monoisotopic (exact) mass is 199 g/mol. The van der Waals surface area contributed by atoms with Crippen molar-refractivity contribution >= 4 is 0 Å². The Morgan fingerprint density at radius 1 is 1.36 bits per heavy atom. The van der Waals surface area contributed by atoms with Gasteiger partial charge in [-0.05, 0) is 32.9 Å². The predicted molar refractivity (Wildman–Crippen MR) is 52.3 cm³/mol. The molecule has 0 aliphatic carbocycles. The van der Waals surface area contributed by atoms with Crippen LogP contribution in [0, 0.1) is 0 Å². The Morgan fingerprint density at radius 3 is 2.50 bits per heavy atom. The number of nitrogens with one attached hydrogen (secondary N) is 1. The number of aliphatic hydroxyl groups is 1. The van der Waals surface area contributed by atoms with Crippen molar-refractivity contribution in [2.75, 3.05) is 0 Å². The number of hydroxylamine groups is 1. The predicted octanol–water partition coefficient (Wildman–Crippen LogP) is 1.59. The van der Waals surface area contributed by atoms with Crippen molar-refractivity contribution in [3.63, 3.8) is 0 Å². The molecular weight excluding hydrogens is 182 g/mol. The third kappa shape index (κ3) is 3.91. The normalized spacial score (nSPS) is 12.0. The van der Waals surface area contributed by atoms with Crippen LogP contribution in [-0.4, -0.2) is 10.7 Å². The average molecular weight is 199 g/mol. The molecule has 1 aromatic rings. The van der Waals surface area contributed by atoms with E-state index in [9.17, 15) is 0 Å². The zero-order chi connectivity index (χ0) is 10.6. The minimum atomic E-state index is -0.216. The average Bonchev–Trinajstić information content (AvgIpc) is 2.50. The van der Waals surface area contributed by atoms with Gasteiger partial charge in [0.1, 0.15) is 18.1 Å². The quantitative estimate of drug-likeness (QED) is 0.723. The smallest absolute Gasteiger partial charge is 0.129 e. The third-order valence-electron chi connectivity index (χ3n) is 1.50. The first-order chi connectivity index (χ1) is 6.51. The number of furan rings is 1. The first-order valence-corrected chi connectivity index (χ1v) is 4.60. The standard InChI is InChI=1S/C10H17NO3/c1-10(2,3)14-11-6-8-4-5-9(7-12)13-8/h4-5,11-12H,6-7H2,1-3H3. The molecule has 0 amide bonds. The van der Waals surface area contributed by atoms with Crippen molar-refractivity contribution in [2.45, 2.75) is 39.5 Å². The molecule has 0 radical (unpaired) electrons. The summed E-state index contributed by atoms with van der Waals surface area (Å²) in [5.41, 5.74) is 2.59. The van der Waals surface area contributed by atoms with Crippen molar-refractivity contribution in [2.24, 2.45) is 0 Å². The number of rotatable bonds is 4. The summed E-state index contributed by atoms with van der Waals surface area (Å²) in [6, 6.07) is 3.55. The van der Waals surface area contributed by atoms with E-state index in [2.05, 4.69) is 5.48 Å². The van der Waals surface area contributed by atoms with Crippen molar-refractivity contribution in [1.82, 2.24) is 5.48 Å². The van der Waals surface area contributed by atoms with E-state index < -0.39 is 0 Å². The highest BCUT2D eigenvalue weighted by molar-refractivity contribution is 5.05. The summed E-state index contributed by atoms with van der Waals surface area (Å²) in [6.45, 7) is 6.31. The molecule has 4 heteroatoms. The fourth-order valence-corrected chi connectivity index (χ4v) is 0.926. The van der Waals surface area contributed by atoms with E-state index in [0.29, 0.717) is 12.3 Å². The Labute approximate surface area is 83.8 Å². The second-order valence-corrected chi connectivity index (χ2v) is 4.06. The van der Waals surface area contributed by atoms with Crippen LogP contribution >= 0.6 is 0 Å². The Balaban J connectivity index is 2.31. The highest BCUT2D eigenvalue weighted by Crippen LogP contribution is 2.08. The van der Waals surface area contributed by atoms with Crippen molar-refractivity contribution < 1.29 is 14.4 Å². The number of hydrogen-bond donors (Lipinski definition) is 2. The molecule has 80 valence electrons. The summed E-state index contributed by atoms with van der Waals surface area (Å²) in [5.74, 6) is 1.32. The van der Waals surface area contributed by atoms with E-state index in [-0.39, 0.29) is 12.2 Å². The van der Waals surface area contributed by atoms with Gasteiger partial charge in [0.25, 0.3) is 0 Å². The maximum Gasteiger partial charge on any atom is 0.129 e. The summed E-state index contributed by atoms with van der Waals surface area (Å²) in [5, 5.41) is 8.76. The first-order valence-electron chi connectivity index (χ1n) is 4.60. The fraction of sp³-hybridized carbons (Fsp3) is 0.600. The van der Waals surface area contributed by atoms with Crippen LogP contribution < -0.4 is 5.48 Å². The van der Waals surface area contributed by atoms with Crippen LogP contribution in [0.1, 0.15) is 32.3 Å². The van der Waals surface area contributed by atoms with Crippen LogP contribution in [0.3, 0.4) is 0 Å². The maximum atomic E-state index is 8.76. The molecule has 0 aliphatic rings. The van der Waals surface area contributed by atoms with Crippen molar-refractivity contribution in [3.05, 3.63) is 23.7 Å². The van der Waals surface area contributed by atoms with Crippen LogP contribution in [0.5, 0.6) is 0 Å². The van der Waals surface area contributed by atoms with E-state index in [0.717, 1.165) is 5.76 Å². The summed E-state index contributed by atoms with van der Waals surface area (Å²) >= 11 is 0. The molecule has 0 spiro atoms. The molecule has 0 unspecified atom stereocenters. The lowest BCUT2D eigenvalue weighted by Gasteiger charge is -2.18. The third-order valence-corrected chi connectivity index (χ3v) is 1.50. The molecule has 1 rings (SSSR count). The second-order valence-electron chi connectivity index (χ2n) is 4.06. The Hall–Kier alpha value is -0.840. The summed E-state index contributed by atoms with van der Waals surface area (Å²) in [7, 11) is 0. The molecule has 2 N–H and O–H groups in total. The SMILES string of the molecule is CC(C)(C)ONCc1ccc(CO)o1. The number of hydrogen-bond acceptors (Lipinski definition) is 4. The van der Waals surface area contributed by atoms with Gasteiger partial charge in [-0.1, -0.05) is 0 Å². The molecule has 0 bridgehead atoms. The second kappa shape index (κ2) is 4.59. The van der Waals surface area contributed by atoms with Gasteiger partial charge in [-0.2, -0.15) is 5.48 Å². The van der Waals surface area contributed by atoms with Gasteiger partial charge < -0.3 is 9.52 Å². The lowest BCUT2D eigenvalue weighted by atomic mass is 10.2. The minimum absolute atomic E-state index is 0.0693. The van der Waals surface area contributed by atoms with Gasteiger partial charge in [-0.3, -0.25) is 4.84 Å². The molecule has 0 atom stereocenters. The van der Waals surface area contributed by atoms with Gasteiger partial charge in [0.05, 0.1) is 12.1 Å². The lowest BCUT2D eigenvalue weighted by molar-refractivity contribution is -0.0776. The van der Waals surface area contributed by atoms with E-state index in [1.807, 2.05) is 26.8 Å².